The summed E-state index contributed by atoms with van der Waals surface area (Å²) in [5.41, 5.74) is 2.30. The highest BCUT2D eigenvalue weighted by molar-refractivity contribution is 5.76. The third-order valence-electron chi connectivity index (χ3n) is 4.41. The minimum Gasteiger partial charge on any atom is -0.493 e. The molecule has 1 saturated heterocycles. The van der Waals surface area contributed by atoms with E-state index in [-0.39, 0.29) is 5.75 Å². The zero-order valence-electron chi connectivity index (χ0n) is 14.3. The van der Waals surface area contributed by atoms with E-state index in [1.54, 1.807) is 12.1 Å². The van der Waals surface area contributed by atoms with Gasteiger partial charge in [-0.3, -0.25) is 0 Å². The number of hydrogen-bond acceptors (Lipinski definition) is 5. The van der Waals surface area contributed by atoms with Crippen LogP contribution in [-0.4, -0.2) is 36.4 Å². The van der Waals surface area contributed by atoms with E-state index in [4.69, 9.17) is 4.74 Å². The second-order valence-corrected chi connectivity index (χ2v) is 5.65. The first kappa shape index (κ1) is 16.5. The SMILES string of the molecule is CC.COc1c(F)cccc1-c1cc2c(nn1)NCC1CCCN21. The number of hydrogen-bond donors (Lipinski definition) is 1. The Balaban J connectivity index is 0.000000815. The minimum absolute atomic E-state index is 0.207. The van der Waals surface area contributed by atoms with E-state index in [0.29, 0.717) is 17.3 Å². The third kappa shape index (κ3) is 2.77. The molecular formula is C18H23FN4O. The normalized spacial score (nSPS) is 18.0. The molecule has 0 bridgehead atoms. The minimum atomic E-state index is -0.392. The maximum absolute atomic E-state index is 13.9. The molecule has 1 atom stereocenters. The number of fused-ring (bicyclic) bond motifs is 3. The molecule has 1 N–H and O–H groups in total. The van der Waals surface area contributed by atoms with Crippen LogP contribution in [0.3, 0.4) is 0 Å². The van der Waals surface area contributed by atoms with Crippen molar-refractivity contribution in [1.29, 1.82) is 0 Å². The highest BCUT2D eigenvalue weighted by atomic mass is 19.1. The van der Waals surface area contributed by atoms with E-state index < -0.39 is 5.82 Å². The molecule has 2 aromatic rings. The average molecular weight is 330 g/mol. The number of halogens is 1. The summed E-state index contributed by atoms with van der Waals surface area (Å²) >= 11 is 0. The molecule has 4 rings (SSSR count). The summed E-state index contributed by atoms with van der Waals surface area (Å²) in [4.78, 5) is 2.37. The van der Waals surface area contributed by atoms with Crippen molar-refractivity contribution >= 4 is 11.5 Å². The summed E-state index contributed by atoms with van der Waals surface area (Å²) in [6, 6.07) is 7.33. The fourth-order valence-electron chi connectivity index (χ4n) is 3.36. The van der Waals surface area contributed by atoms with Crippen LogP contribution in [0.25, 0.3) is 11.3 Å². The van der Waals surface area contributed by atoms with Crippen LogP contribution < -0.4 is 15.0 Å². The maximum Gasteiger partial charge on any atom is 0.172 e. The highest BCUT2D eigenvalue weighted by Gasteiger charge is 2.31. The molecule has 6 heteroatoms. The number of para-hydroxylation sites is 1. The molecule has 0 amide bonds. The Bertz CT molecular complexity index is 722. The molecule has 0 aliphatic carbocycles. The number of methoxy groups -OCH3 is 1. The first-order chi connectivity index (χ1) is 11.8. The molecule has 2 aliphatic rings. The van der Waals surface area contributed by atoms with Crippen LogP contribution in [0.1, 0.15) is 26.7 Å². The lowest BCUT2D eigenvalue weighted by molar-refractivity contribution is 0.388. The van der Waals surface area contributed by atoms with Gasteiger partial charge in [0.05, 0.1) is 18.5 Å². The molecule has 0 spiro atoms. The number of ether oxygens (including phenoxy) is 1. The van der Waals surface area contributed by atoms with Crippen LogP contribution in [0.2, 0.25) is 0 Å². The summed E-state index contributed by atoms with van der Waals surface area (Å²) in [5, 5.41) is 11.9. The molecular weight excluding hydrogens is 307 g/mol. The predicted octanol–water partition coefficient (Wildman–Crippen LogP) is 3.71. The van der Waals surface area contributed by atoms with Crippen LogP contribution >= 0.6 is 0 Å². The van der Waals surface area contributed by atoms with Gasteiger partial charge in [0.2, 0.25) is 0 Å². The monoisotopic (exact) mass is 330 g/mol. The van der Waals surface area contributed by atoms with Crippen molar-refractivity contribution in [3.05, 3.63) is 30.1 Å². The Morgan fingerprint density at radius 3 is 2.92 bits per heavy atom. The molecule has 1 aromatic carbocycles. The molecule has 0 radical (unpaired) electrons. The smallest absolute Gasteiger partial charge is 0.172 e. The van der Waals surface area contributed by atoms with Crippen LogP contribution in [0.5, 0.6) is 5.75 Å². The molecule has 1 aromatic heterocycles. The van der Waals surface area contributed by atoms with Gasteiger partial charge in [-0.05, 0) is 31.0 Å². The van der Waals surface area contributed by atoms with Gasteiger partial charge in [0, 0.05) is 24.7 Å². The molecule has 1 fully saturated rings. The number of nitrogens with one attached hydrogen (secondary N) is 1. The van der Waals surface area contributed by atoms with Gasteiger partial charge in [-0.2, -0.15) is 0 Å². The average Bonchev–Trinajstić information content (AvgIpc) is 3.12. The van der Waals surface area contributed by atoms with Gasteiger partial charge in [0.15, 0.2) is 17.4 Å². The number of nitrogens with zero attached hydrogens (tertiary/aromatic N) is 3. The van der Waals surface area contributed by atoms with Crippen molar-refractivity contribution in [2.45, 2.75) is 32.7 Å². The summed E-state index contributed by atoms with van der Waals surface area (Å²) < 4.78 is 19.1. The van der Waals surface area contributed by atoms with Crippen molar-refractivity contribution in [3.63, 3.8) is 0 Å². The molecule has 3 heterocycles. The van der Waals surface area contributed by atoms with E-state index >= 15 is 0 Å². The van der Waals surface area contributed by atoms with E-state index in [9.17, 15) is 4.39 Å². The van der Waals surface area contributed by atoms with E-state index in [1.165, 1.54) is 26.0 Å². The summed E-state index contributed by atoms with van der Waals surface area (Å²) in [6.07, 6.45) is 2.38. The fourth-order valence-corrected chi connectivity index (χ4v) is 3.36. The zero-order chi connectivity index (χ0) is 17.1. The lowest BCUT2D eigenvalue weighted by atomic mass is 10.1. The molecule has 0 saturated carbocycles. The Labute approximate surface area is 141 Å². The van der Waals surface area contributed by atoms with Crippen molar-refractivity contribution in [2.75, 3.05) is 30.4 Å². The Morgan fingerprint density at radius 1 is 1.29 bits per heavy atom. The molecule has 2 aliphatic heterocycles. The zero-order valence-corrected chi connectivity index (χ0v) is 14.3. The highest BCUT2D eigenvalue weighted by Crippen LogP contribution is 2.38. The van der Waals surface area contributed by atoms with E-state index in [0.717, 1.165) is 24.6 Å². The van der Waals surface area contributed by atoms with Crippen LogP contribution in [0, 0.1) is 5.82 Å². The van der Waals surface area contributed by atoms with Crippen LogP contribution in [-0.2, 0) is 0 Å². The number of benzene rings is 1. The quantitative estimate of drug-likeness (QED) is 0.909. The summed E-state index contributed by atoms with van der Waals surface area (Å²) in [5.74, 6) is 0.618. The maximum atomic E-state index is 13.9. The van der Waals surface area contributed by atoms with Gasteiger partial charge in [0.1, 0.15) is 0 Å². The van der Waals surface area contributed by atoms with Gasteiger partial charge in [-0.15, -0.1) is 10.2 Å². The largest absolute Gasteiger partial charge is 0.493 e. The molecule has 24 heavy (non-hydrogen) atoms. The van der Waals surface area contributed by atoms with Crippen molar-refractivity contribution in [2.24, 2.45) is 0 Å². The lowest BCUT2D eigenvalue weighted by Crippen LogP contribution is -2.39. The Kier molecular flexibility index (Phi) is 4.83. The topological polar surface area (TPSA) is 50.3 Å². The second-order valence-electron chi connectivity index (χ2n) is 5.65. The van der Waals surface area contributed by atoms with Crippen LogP contribution in [0.4, 0.5) is 15.9 Å². The summed E-state index contributed by atoms with van der Waals surface area (Å²) in [6.45, 7) is 5.94. The van der Waals surface area contributed by atoms with E-state index in [2.05, 4.69) is 20.4 Å². The van der Waals surface area contributed by atoms with Gasteiger partial charge >= 0.3 is 0 Å². The van der Waals surface area contributed by atoms with Gasteiger partial charge in [-0.25, -0.2) is 4.39 Å². The summed E-state index contributed by atoms with van der Waals surface area (Å²) in [7, 11) is 1.46. The Morgan fingerprint density at radius 2 is 2.12 bits per heavy atom. The number of anilines is 2. The van der Waals surface area contributed by atoms with Gasteiger partial charge in [-0.1, -0.05) is 19.9 Å². The van der Waals surface area contributed by atoms with E-state index in [1.807, 2.05) is 19.9 Å². The van der Waals surface area contributed by atoms with Crippen LogP contribution in [0.15, 0.2) is 24.3 Å². The van der Waals surface area contributed by atoms with Crippen molar-refractivity contribution in [1.82, 2.24) is 10.2 Å². The first-order valence-corrected chi connectivity index (χ1v) is 8.49. The van der Waals surface area contributed by atoms with Gasteiger partial charge in [0.25, 0.3) is 0 Å². The molecule has 1 unspecified atom stereocenters. The lowest BCUT2D eigenvalue weighted by Gasteiger charge is -2.33. The first-order valence-electron chi connectivity index (χ1n) is 8.49. The number of aromatic nitrogens is 2. The molecule has 128 valence electrons. The second kappa shape index (κ2) is 7.03. The standard InChI is InChI=1S/C16H17FN4O.C2H6/c1-22-15-11(5-2-6-12(15)17)13-8-14-16(20-19-13)18-9-10-4-3-7-21(10)14;1-2/h2,5-6,8,10H,3-4,7,9H2,1H3,(H,18,20);1-2H3. The predicted molar refractivity (Wildman–Crippen MR) is 94.2 cm³/mol. The van der Waals surface area contributed by atoms with Crippen molar-refractivity contribution < 1.29 is 9.13 Å². The Hall–Kier alpha value is -2.37. The number of rotatable bonds is 2. The molecule has 5 nitrogen and oxygen atoms in total. The van der Waals surface area contributed by atoms with Gasteiger partial charge < -0.3 is 15.0 Å². The third-order valence-corrected chi connectivity index (χ3v) is 4.41. The van der Waals surface area contributed by atoms with Crippen molar-refractivity contribution in [3.8, 4) is 17.0 Å². The fraction of sp³-hybridized carbons (Fsp3) is 0.444.